The summed E-state index contributed by atoms with van der Waals surface area (Å²) in [5.41, 5.74) is 6.62. The average Bonchev–Trinajstić information content (AvgIpc) is 2.32. The second-order valence-corrected chi connectivity index (χ2v) is 6.51. The minimum Gasteiger partial charge on any atom is -0.398 e. The van der Waals surface area contributed by atoms with Crippen LogP contribution in [0.25, 0.3) is 0 Å². The maximum atomic E-state index is 12.2. The SMILES string of the molecule is Cc1cccc(N)c1S(=O)(=O)NCCOCCN(C)C. The van der Waals surface area contributed by atoms with Gasteiger partial charge in [0.05, 0.1) is 18.9 Å². The highest BCUT2D eigenvalue weighted by molar-refractivity contribution is 7.89. The molecule has 1 rings (SSSR count). The number of sulfonamides is 1. The molecule has 0 atom stereocenters. The monoisotopic (exact) mass is 301 g/mol. The first-order chi connectivity index (χ1) is 9.34. The molecule has 3 N–H and O–H groups in total. The summed E-state index contributed by atoms with van der Waals surface area (Å²) in [6.07, 6.45) is 0. The van der Waals surface area contributed by atoms with E-state index in [1.54, 1.807) is 25.1 Å². The lowest BCUT2D eigenvalue weighted by Crippen LogP contribution is -2.29. The Bertz CT molecular complexity index is 509. The van der Waals surface area contributed by atoms with Crippen molar-refractivity contribution < 1.29 is 13.2 Å². The molecule has 0 saturated heterocycles. The van der Waals surface area contributed by atoms with Gasteiger partial charge in [0.25, 0.3) is 0 Å². The third-order valence-electron chi connectivity index (χ3n) is 2.73. The van der Waals surface area contributed by atoms with Crippen LogP contribution < -0.4 is 10.5 Å². The molecular weight excluding hydrogens is 278 g/mol. The van der Waals surface area contributed by atoms with E-state index < -0.39 is 10.0 Å². The molecular formula is C13H23N3O3S. The van der Waals surface area contributed by atoms with Crippen molar-refractivity contribution in [3.63, 3.8) is 0 Å². The number of nitrogens with two attached hydrogens (primary N) is 1. The summed E-state index contributed by atoms with van der Waals surface area (Å²) in [5, 5.41) is 0. The first-order valence-corrected chi connectivity index (χ1v) is 7.90. The number of aryl methyl sites for hydroxylation is 1. The fourth-order valence-corrected chi connectivity index (χ4v) is 3.08. The maximum Gasteiger partial charge on any atom is 0.242 e. The van der Waals surface area contributed by atoms with Gasteiger partial charge >= 0.3 is 0 Å². The average molecular weight is 301 g/mol. The summed E-state index contributed by atoms with van der Waals surface area (Å²) in [4.78, 5) is 2.14. The zero-order valence-corrected chi connectivity index (χ0v) is 13.0. The van der Waals surface area contributed by atoms with Gasteiger partial charge in [-0.15, -0.1) is 0 Å². The lowest BCUT2D eigenvalue weighted by Gasteiger charge is -2.12. The van der Waals surface area contributed by atoms with E-state index in [-0.39, 0.29) is 17.1 Å². The van der Waals surface area contributed by atoms with Gasteiger partial charge in [-0.1, -0.05) is 12.1 Å². The number of nitrogen functional groups attached to an aromatic ring is 1. The Kier molecular flexibility index (Phi) is 6.41. The number of benzene rings is 1. The van der Waals surface area contributed by atoms with Gasteiger partial charge in [0.15, 0.2) is 0 Å². The van der Waals surface area contributed by atoms with Crippen LogP contribution in [-0.4, -0.2) is 53.7 Å². The second-order valence-electron chi connectivity index (χ2n) is 4.81. The number of likely N-dealkylation sites (N-methyl/N-ethyl adjacent to an activating group) is 1. The second kappa shape index (κ2) is 7.58. The van der Waals surface area contributed by atoms with Crippen molar-refractivity contribution >= 4 is 15.7 Å². The van der Waals surface area contributed by atoms with E-state index in [0.29, 0.717) is 18.8 Å². The summed E-state index contributed by atoms with van der Waals surface area (Å²) in [6, 6.07) is 5.03. The van der Waals surface area contributed by atoms with Gasteiger partial charge in [-0.05, 0) is 32.6 Å². The molecule has 0 heterocycles. The van der Waals surface area contributed by atoms with Crippen molar-refractivity contribution in [2.75, 3.05) is 46.1 Å². The zero-order valence-electron chi connectivity index (χ0n) is 12.2. The van der Waals surface area contributed by atoms with Crippen LogP contribution >= 0.6 is 0 Å². The Morgan fingerprint density at radius 3 is 2.60 bits per heavy atom. The number of nitrogens with one attached hydrogen (secondary N) is 1. The summed E-state index contributed by atoms with van der Waals surface area (Å²) in [5.74, 6) is 0. The van der Waals surface area contributed by atoms with Crippen LogP contribution in [-0.2, 0) is 14.8 Å². The predicted molar refractivity (Wildman–Crippen MR) is 80.2 cm³/mol. The number of nitrogens with zero attached hydrogens (tertiary/aromatic N) is 1. The van der Waals surface area contributed by atoms with Gasteiger partial charge in [0.2, 0.25) is 10.0 Å². The van der Waals surface area contributed by atoms with Gasteiger partial charge in [-0.25, -0.2) is 13.1 Å². The molecule has 20 heavy (non-hydrogen) atoms. The van der Waals surface area contributed by atoms with Crippen molar-refractivity contribution in [3.05, 3.63) is 23.8 Å². The van der Waals surface area contributed by atoms with Crippen molar-refractivity contribution in [1.29, 1.82) is 0 Å². The molecule has 1 aromatic carbocycles. The third-order valence-corrected chi connectivity index (χ3v) is 4.41. The molecule has 0 saturated carbocycles. The molecule has 114 valence electrons. The largest absolute Gasteiger partial charge is 0.398 e. The molecule has 0 aliphatic heterocycles. The highest BCUT2D eigenvalue weighted by Crippen LogP contribution is 2.21. The molecule has 1 aromatic rings. The number of ether oxygens (including phenoxy) is 1. The summed E-state index contributed by atoms with van der Waals surface area (Å²) < 4.78 is 32.2. The van der Waals surface area contributed by atoms with E-state index >= 15 is 0 Å². The predicted octanol–water partition coefficient (Wildman–Crippen LogP) is 0.434. The summed E-state index contributed by atoms with van der Waals surface area (Å²) in [6.45, 7) is 3.65. The topological polar surface area (TPSA) is 84.7 Å². The molecule has 0 aliphatic rings. The Labute approximate surface area is 121 Å². The van der Waals surface area contributed by atoms with E-state index in [1.807, 2.05) is 19.0 Å². The van der Waals surface area contributed by atoms with Gasteiger partial charge in [0.1, 0.15) is 4.90 Å². The van der Waals surface area contributed by atoms with Crippen LogP contribution in [0, 0.1) is 6.92 Å². The smallest absolute Gasteiger partial charge is 0.242 e. The molecule has 6 nitrogen and oxygen atoms in total. The first-order valence-electron chi connectivity index (χ1n) is 6.42. The first kappa shape index (κ1) is 16.9. The van der Waals surface area contributed by atoms with Crippen molar-refractivity contribution in [1.82, 2.24) is 9.62 Å². The lowest BCUT2D eigenvalue weighted by molar-refractivity contribution is 0.122. The third kappa shape index (κ3) is 5.09. The minimum atomic E-state index is -3.59. The summed E-state index contributed by atoms with van der Waals surface area (Å²) >= 11 is 0. The van der Waals surface area contributed by atoms with E-state index in [1.165, 1.54) is 0 Å². The molecule has 0 spiro atoms. The lowest BCUT2D eigenvalue weighted by atomic mass is 10.2. The van der Waals surface area contributed by atoms with Gasteiger partial charge < -0.3 is 15.4 Å². The fourth-order valence-electron chi connectivity index (χ4n) is 1.71. The van der Waals surface area contributed by atoms with E-state index in [2.05, 4.69) is 4.72 Å². The maximum absolute atomic E-state index is 12.2. The van der Waals surface area contributed by atoms with E-state index in [4.69, 9.17) is 10.5 Å². The number of hydrogen-bond donors (Lipinski definition) is 2. The number of rotatable bonds is 8. The Morgan fingerprint density at radius 2 is 2.00 bits per heavy atom. The molecule has 7 heteroatoms. The molecule has 0 aliphatic carbocycles. The van der Waals surface area contributed by atoms with Crippen LogP contribution in [0.2, 0.25) is 0 Å². The fraction of sp³-hybridized carbons (Fsp3) is 0.538. The van der Waals surface area contributed by atoms with Gasteiger partial charge in [0, 0.05) is 13.1 Å². The highest BCUT2D eigenvalue weighted by atomic mass is 32.2. The van der Waals surface area contributed by atoms with Crippen LogP contribution in [0.1, 0.15) is 5.56 Å². The molecule has 0 fully saturated rings. The molecule has 0 amide bonds. The van der Waals surface area contributed by atoms with Crippen LogP contribution in [0.3, 0.4) is 0 Å². The normalized spacial score (nSPS) is 12.0. The molecule has 0 radical (unpaired) electrons. The highest BCUT2D eigenvalue weighted by Gasteiger charge is 2.19. The zero-order chi connectivity index (χ0) is 15.2. The van der Waals surface area contributed by atoms with Crippen molar-refractivity contribution in [3.8, 4) is 0 Å². The van der Waals surface area contributed by atoms with E-state index in [9.17, 15) is 8.42 Å². The van der Waals surface area contributed by atoms with Crippen molar-refractivity contribution in [2.45, 2.75) is 11.8 Å². The summed E-state index contributed by atoms with van der Waals surface area (Å²) in [7, 11) is 0.312. The van der Waals surface area contributed by atoms with Crippen LogP contribution in [0.5, 0.6) is 0 Å². The van der Waals surface area contributed by atoms with Crippen molar-refractivity contribution in [2.24, 2.45) is 0 Å². The standard InChI is InChI=1S/C13H23N3O3S/c1-11-5-4-6-12(14)13(11)20(17,18)15-7-9-19-10-8-16(2)3/h4-6,15H,7-10,14H2,1-3H3. The number of anilines is 1. The number of hydrogen-bond acceptors (Lipinski definition) is 5. The van der Waals surface area contributed by atoms with Gasteiger partial charge in [-0.3, -0.25) is 0 Å². The molecule has 0 aromatic heterocycles. The Hall–Kier alpha value is -1.15. The van der Waals surface area contributed by atoms with Gasteiger partial charge in [-0.2, -0.15) is 0 Å². The molecule has 0 bridgehead atoms. The quantitative estimate of drug-likeness (QED) is 0.537. The molecule has 0 unspecified atom stereocenters. The minimum absolute atomic E-state index is 0.147. The van der Waals surface area contributed by atoms with Crippen LogP contribution in [0.4, 0.5) is 5.69 Å². The Morgan fingerprint density at radius 1 is 1.30 bits per heavy atom. The Balaban J connectivity index is 2.50. The van der Waals surface area contributed by atoms with E-state index in [0.717, 1.165) is 6.54 Å². The van der Waals surface area contributed by atoms with Crippen LogP contribution in [0.15, 0.2) is 23.1 Å².